The Morgan fingerprint density at radius 1 is 0.815 bits per heavy atom. The number of β-amino-alcohol motifs (C(OH)–C–C–N with tert-alkyl or cyclic N) is 1. The molecule has 2 aliphatic heterocycles. The first-order chi connectivity index (χ1) is 13.3. The van der Waals surface area contributed by atoms with Gasteiger partial charge in [-0.25, -0.2) is 4.98 Å². The van der Waals surface area contributed by atoms with Crippen molar-refractivity contribution in [2.24, 2.45) is 0 Å². The third kappa shape index (κ3) is 4.64. The summed E-state index contributed by atoms with van der Waals surface area (Å²) in [5.41, 5.74) is 3.38. The predicted molar refractivity (Wildman–Crippen MR) is 108 cm³/mol. The van der Waals surface area contributed by atoms with E-state index in [2.05, 4.69) is 48.9 Å². The quantitative estimate of drug-likeness (QED) is 0.841. The molecule has 144 valence electrons. The molecule has 6 heteroatoms. The normalized spacial score (nSPS) is 18.9. The second-order valence-corrected chi connectivity index (χ2v) is 7.49. The standard InChI is InChI=1S/C21H29N5O/c27-14-13-24-9-11-25(12-10-24)17-18-3-5-19(6-4-18)20-15-23-21(16-22-20)26-7-1-2-8-26/h3-6,15-16,27H,1-2,7-14,17H2. The summed E-state index contributed by atoms with van der Waals surface area (Å²) in [6, 6.07) is 8.70. The van der Waals surface area contributed by atoms with E-state index < -0.39 is 0 Å². The second kappa shape index (κ2) is 8.78. The Hall–Kier alpha value is -2.02. The first-order valence-corrected chi connectivity index (χ1v) is 10.0. The minimum absolute atomic E-state index is 0.253. The van der Waals surface area contributed by atoms with Crippen LogP contribution < -0.4 is 4.90 Å². The molecule has 0 spiro atoms. The number of benzene rings is 1. The summed E-state index contributed by atoms with van der Waals surface area (Å²) in [4.78, 5) is 16.3. The fraction of sp³-hybridized carbons (Fsp3) is 0.524. The summed E-state index contributed by atoms with van der Waals surface area (Å²) < 4.78 is 0. The Bertz CT molecular complexity index is 704. The van der Waals surface area contributed by atoms with Crippen LogP contribution in [-0.2, 0) is 6.54 Å². The number of nitrogens with zero attached hydrogens (tertiary/aromatic N) is 5. The van der Waals surface area contributed by atoms with Gasteiger partial charge in [-0.05, 0) is 18.4 Å². The van der Waals surface area contributed by atoms with Gasteiger partial charge >= 0.3 is 0 Å². The van der Waals surface area contributed by atoms with Crippen LogP contribution in [0.4, 0.5) is 5.82 Å². The fourth-order valence-electron chi connectivity index (χ4n) is 3.93. The summed E-state index contributed by atoms with van der Waals surface area (Å²) in [7, 11) is 0. The monoisotopic (exact) mass is 367 g/mol. The molecule has 3 heterocycles. The third-order valence-electron chi connectivity index (χ3n) is 5.61. The molecule has 0 atom stereocenters. The van der Waals surface area contributed by atoms with Crippen LogP contribution in [0.25, 0.3) is 11.3 Å². The zero-order valence-corrected chi connectivity index (χ0v) is 15.9. The highest BCUT2D eigenvalue weighted by molar-refractivity contribution is 5.59. The topological polar surface area (TPSA) is 55.7 Å². The number of aliphatic hydroxyl groups excluding tert-OH is 1. The van der Waals surface area contributed by atoms with Crippen molar-refractivity contribution in [2.75, 3.05) is 57.3 Å². The van der Waals surface area contributed by atoms with Crippen molar-refractivity contribution in [1.82, 2.24) is 19.8 Å². The molecule has 0 unspecified atom stereocenters. The van der Waals surface area contributed by atoms with E-state index in [1.807, 2.05) is 12.4 Å². The molecule has 0 saturated carbocycles. The molecule has 27 heavy (non-hydrogen) atoms. The van der Waals surface area contributed by atoms with Crippen molar-refractivity contribution in [3.8, 4) is 11.3 Å². The van der Waals surface area contributed by atoms with E-state index in [0.29, 0.717) is 0 Å². The van der Waals surface area contributed by atoms with Crippen molar-refractivity contribution in [2.45, 2.75) is 19.4 Å². The lowest BCUT2D eigenvalue weighted by molar-refractivity contribution is 0.108. The molecule has 0 bridgehead atoms. The highest BCUT2D eigenvalue weighted by Crippen LogP contribution is 2.21. The lowest BCUT2D eigenvalue weighted by atomic mass is 10.1. The van der Waals surface area contributed by atoms with Gasteiger partial charge in [0, 0.05) is 57.9 Å². The van der Waals surface area contributed by atoms with E-state index in [-0.39, 0.29) is 6.61 Å². The van der Waals surface area contributed by atoms with Crippen LogP contribution >= 0.6 is 0 Å². The number of aliphatic hydroxyl groups is 1. The lowest BCUT2D eigenvalue weighted by Gasteiger charge is -2.34. The van der Waals surface area contributed by atoms with Crippen LogP contribution in [0.2, 0.25) is 0 Å². The van der Waals surface area contributed by atoms with Gasteiger partial charge in [-0.2, -0.15) is 0 Å². The Morgan fingerprint density at radius 3 is 2.15 bits per heavy atom. The first-order valence-electron chi connectivity index (χ1n) is 10.0. The average molecular weight is 367 g/mol. The molecule has 2 fully saturated rings. The Labute approximate surface area is 161 Å². The number of aromatic nitrogens is 2. The van der Waals surface area contributed by atoms with E-state index in [0.717, 1.165) is 69.4 Å². The molecule has 6 nitrogen and oxygen atoms in total. The van der Waals surface area contributed by atoms with E-state index >= 15 is 0 Å². The molecule has 0 aliphatic carbocycles. The van der Waals surface area contributed by atoms with Crippen molar-refractivity contribution < 1.29 is 5.11 Å². The SMILES string of the molecule is OCCN1CCN(Cc2ccc(-c3cnc(N4CCCC4)cn3)cc2)CC1. The molecule has 1 aromatic carbocycles. The Balaban J connectivity index is 1.33. The van der Waals surface area contributed by atoms with Crippen molar-refractivity contribution in [3.05, 3.63) is 42.2 Å². The third-order valence-corrected chi connectivity index (χ3v) is 5.61. The minimum Gasteiger partial charge on any atom is -0.395 e. The molecule has 2 saturated heterocycles. The zero-order valence-electron chi connectivity index (χ0n) is 15.9. The van der Waals surface area contributed by atoms with Gasteiger partial charge in [-0.3, -0.25) is 14.8 Å². The summed E-state index contributed by atoms with van der Waals surface area (Å²) in [6.07, 6.45) is 6.30. The van der Waals surface area contributed by atoms with Crippen molar-refractivity contribution in [1.29, 1.82) is 0 Å². The van der Waals surface area contributed by atoms with Crippen LogP contribution in [0.3, 0.4) is 0 Å². The molecule has 4 rings (SSSR count). The summed E-state index contributed by atoms with van der Waals surface area (Å²) in [6.45, 7) is 8.41. The molecule has 2 aliphatic rings. The minimum atomic E-state index is 0.253. The van der Waals surface area contributed by atoms with Gasteiger partial charge in [0.05, 0.1) is 24.7 Å². The summed E-state index contributed by atoms with van der Waals surface area (Å²) in [5, 5.41) is 9.04. The van der Waals surface area contributed by atoms with Gasteiger partial charge in [0.1, 0.15) is 5.82 Å². The van der Waals surface area contributed by atoms with Gasteiger partial charge < -0.3 is 10.0 Å². The Kier molecular flexibility index (Phi) is 5.97. The Morgan fingerprint density at radius 2 is 1.52 bits per heavy atom. The molecule has 2 aromatic rings. The average Bonchev–Trinajstić information content (AvgIpc) is 3.25. The maximum atomic E-state index is 9.04. The summed E-state index contributed by atoms with van der Waals surface area (Å²) >= 11 is 0. The molecular formula is C21H29N5O. The number of anilines is 1. The molecule has 1 N–H and O–H groups in total. The van der Waals surface area contributed by atoms with Crippen molar-refractivity contribution >= 4 is 5.82 Å². The highest BCUT2D eigenvalue weighted by atomic mass is 16.3. The lowest BCUT2D eigenvalue weighted by Crippen LogP contribution is -2.46. The van der Waals surface area contributed by atoms with Gasteiger partial charge in [0.2, 0.25) is 0 Å². The van der Waals surface area contributed by atoms with Gasteiger partial charge in [-0.1, -0.05) is 24.3 Å². The largest absolute Gasteiger partial charge is 0.395 e. The second-order valence-electron chi connectivity index (χ2n) is 7.49. The highest BCUT2D eigenvalue weighted by Gasteiger charge is 2.16. The maximum Gasteiger partial charge on any atom is 0.147 e. The predicted octanol–water partition coefficient (Wildman–Crippen LogP) is 1.85. The van der Waals surface area contributed by atoms with E-state index in [1.165, 1.54) is 18.4 Å². The van der Waals surface area contributed by atoms with Gasteiger partial charge in [-0.15, -0.1) is 0 Å². The zero-order chi connectivity index (χ0) is 18.5. The van der Waals surface area contributed by atoms with Crippen molar-refractivity contribution in [3.63, 3.8) is 0 Å². The number of hydrogen-bond acceptors (Lipinski definition) is 6. The first kappa shape index (κ1) is 18.3. The molecule has 0 radical (unpaired) electrons. The van der Waals surface area contributed by atoms with E-state index in [4.69, 9.17) is 5.11 Å². The van der Waals surface area contributed by atoms with E-state index in [1.54, 1.807) is 0 Å². The smallest absolute Gasteiger partial charge is 0.147 e. The van der Waals surface area contributed by atoms with E-state index in [9.17, 15) is 0 Å². The van der Waals surface area contributed by atoms with Crippen LogP contribution in [0.15, 0.2) is 36.7 Å². The molecule has 1 aromatic heterocycles. The molecule has 0 amide bonds. The van der Waals surface area contributed by atoms with Gasteiger partial charge in [0.25, 0.3) is 0 Å². The maximum absolute atomic E-state index is 9.04. The van der Waals surface area contributed by atoms with Gasteiger partial charge in [0.15, 0.2) is 0 Å². The molecular weight excluding hydrogens is 338 g/mol. The van der Waals surface area contributed by atoms with Crippen LogP contribution in [0.1, 0.15) is 18.4 Å². The van der Waals surface area contributed by atoms with Crippen LogP contribution in [0.5, 0.6) is 0 Å². The van der Waals surface area contributed by atoms with Crippen LogP contribution in [0, 0.1) is 0 Å². The summed E-state index contributed by atoms with van der Waals surface area (Å²) in [5.74, 6) is 0.994. The number of rotatable bonds is 6. The number of piperazine rings is 1. The number of hydrogen-bond donors (Lipinski definition) is 1. The fourth-order valence-corrected chi connectivity index (χ4v) is 3.93. The van der Waals surface area contributed by atoms with Crippen LogP contribution in [-0.4, -0.2) is 77.3 Å².